The van der Waals surface area contributed by atoms with Crippen LogP contribution in [0, 0.1) is 0 Å². The van der Waals surface area contributed by atoms with Gasteiger partial charge < -0.3 is 19.1 Å². The minimum Gasteiger partial charge on any atom is -0.493 e. The maximum absolute atomic E-state index is 12.4. The van der Waals surface area contributed by atoms with Gasteiger partial charge in [-0.15, -0.1) is 0 Å². The van der Waals surface area contributed by atoms with Gasteiger partial charge in [-0.2, -0.15) is 8.78 Å². The molecule has 1 aliphatic heterocycles. The number of carbonyl (C=O) groups excluding carboxylic acids is 1. The van der Waals surface area contributed by atoms with Crippen molar-refractivity contribution in [2.75, 3.05) is 26.1 Å². The monoisotopic (exact) mass is 388 g/mol. The molecule has 0 saturated heterocycles. The highest BCUT2D eigenvalue weighted by atomic mass is 19.3. The number of rotatable bonds is 6. The molecule has 0 saturated carbocycles. The third-order valence-electron chi connectivity index (χ3n) is 3.96. The number of halogens is 2. The van der Waals surface area contributed by atoms with Gasteiger partial charge in [0.05, 0.1) is 7.11 Å². The molecule has 2 aromatic rings. The molecule has 1 aliphatic rings. The molecule has 1 heterocycles. The van der Waals surface area contributed by atoms with Crippen molar-refractivity contribution in [3.05, 3.63) is 59.3 Å². The van der Waals surface area contributed by atoms with Crippen LogP contribution in [0.1, 0.15) is 11.1 Å². The summed E-state index contributed by atoms with van der Waals surface area (Å²) in [7, 11) is 5.19. The Bertz CT molecular complexity index is 938. The van der Waals surface area contributed by atoms with E-state index in [1.807, 2.05) is 43.3 Å². The first kappa shape index (κ1) is 19.3. The number of cyclic esters (lactones) is 1. The van der Waals surface area contributed by atoms with E-state index in [0.717, 1.165) is 11.3 Å². The number of methoxy groups -OCH3 is 1. The minimum absolute atomic E-state index is 0.0584. The van der Waals surface area contributed by atoms with Gasteiger partial charge in [-0.3, -0.25) is 0 Å². The lowest BCUT2D eigenvalue weighted by Gasteiger charge is -2.11. The average molecular weight is 388 g/mol. The fourth-order valence-corrected chi connectivity index (χ4v) is 2.55. The molecule has 3 rings (SSSR count). The van der Waals surface area contributed by atoms with Gasteiger partial charge in [0.25, 0.3) is 0 Å². The number of hydrogen-bond donors (Lipinski definition) is 0. The van der Waals surface area contributed by atoms with Crippen molar-refractivity contribution in [2.24, 2.45) is 4.99 Å². The first-order valence-corrected chi connectivity index (χ1v) is 8.30. The van der Waals surface area contributed by atoms with Crippen LogP contribution in [0.5, 0.6) is 11.5 Å². The largest absolute Gasteiger partial charge is 0.493 e. The summed E-state index contributed by atoms with van der Waals surface area (Å²) in [5, 5.41) is 0. The Labute approximate surface area is 160 Å². The average Bonchev–Trinajstić information content (AvgIpc) is 3.02. The zero-order valence-electron chi connectivity index (χ0n) is 15.5. The Balaban J connectivity index is 1.87. The summed E-state index contributed by atoms with van der Waals surface area (Å²) in [6.07, 6.45) is 1.61. The lowest BCUT2D eigenvalue weighted by Crippen LogP contribution is -2.08. The van der Waals surface area contributed by atoms with Gasteiger partial charge in [0.1, 0.15) is 0 Å². The second kappa shape index (κ2) is 8.08. The third-order valence-corrected chi connectivity index (χ3v) is 3.96. The number of benzene rings is 2. The number of hydrogen-bond acceptors (Lipinski definition) is 6. The molecule has 0 radical (unpaired) electrons. The summed E-state index contributed by atoms with van der Waals surface area (Å²) >= 11 is 0. The standard InChI is InChI=1S/C20H18F2N2O4/c1-24(2)14-7-4-12(5-8-14)10-15-19(25)28-18(23-15)13-6-9-16(27-20(21)22)17(11-13)26-3/h4-11,20H,1-3H3/b15-10-. The summed E-state index contributed by atoms with van der Waals surface area (Å²) in [6, 6.07) is 11.7. The van der Waals surface area contributed by atoms with E-state index in [0.29, 0.717) is 5.56 Å². The molecule has 0 aromatic heterocycles. The van der Waals surface area contributed by atoms with Gasteiger partial charge in [-0.05, 0) is 42.0 Å². The SMILES string of the molecule is COc1cc(C2=N/C(=C\c3ccc(N(C)C)cc3)C(=O)O2)ccc1OC(F)F. The summed E-state index contributed by atoms with van der Waals surface area (Å²) in [5.74, 6) is -0.585. The van der Waals surface area contributed by atoms with Crippen LogP contribution in [0.25, 0.3) is 6.08 Å². The van der Waals surface area contributed by atoms with Crippen LogP contribution in [-0.2, 0) is 9.53 Å². The number of ether oxygens (including phenoxy) is 3. The first-order valence-electron chi connectivity index (χ1n) is 8.30. The number of carbonyl (C=O) groups is 1. The summed E-state index contributed by atoms with van der Waals surface area (Å²) in [4.78, 5) is 18.3. The highest BCUT2D eigenvalue weighted by Crippen LogP contribution is 2.31. The van der Waals surface area contributed by atoms with Crippen molar-refractivity contribution in [1.29, 1.82) is 0 Å². The van der Waals surface area contributed by atoms with Crippen molar-refractivity contribution in [2.45, 2.75) is 6.61 Å². The maximum atomic E-state index is 12.4. The Kier molecular flexibility index (Phi) is 5.58. The molecule has 146 valence electrons. The smallest absolute Gasteiger partial charge is 0.387 e. The van der Waals surface area contributed by atoms with E-state index in [9.17, 15) is 13.6 Å². The van der Waals surface area contributed by atoms with Crippen LogP contribution < -0.4 is 14.4 Å². The molecular weight excluding hydrogens is 370 g/mol. The van der Waals surface area contributed by atoms with Gasteiger partial charge in [-0.1, -0.05) is 12.1 Å². The van der Waals surface area contributed by atoms with Crippen LogP contribution in [0.3, 0.4) is 0 Å². The number of aliphatic imine (C=N–C) groups is 1. The predicted octanol–water partition coefficient (Wildman–Crippen LogP) is 3.71. The maximum Gasteiger partial charge on any atom is 0.387 e. The van der Waals surface area contributed by atoms with Crippen molar-refractivity contribution in [3.8, 4) is 11.5 Å². The van der Waals surface area contributed by atoms with Gasteiger partial charge in [0.15, 0.2) is 17.2 Å². The molecule has 0 bridgehead atoms. The topological polar surface area (TPSA) is 60.4 Å². The van der Waals surface area contributed by atoms with E-state index in [1.165, 1.54) is 25.3 Å². The second-order valence-electron chi connectivity index (χ2n) is 6.07. The molecule has 6 nitrogen and oxygen atoms in total. The quantitative estimate of drug-likeness (QED) is 0.558. The van der Waals surface area contributed by atoms with Crippen molar-refractivity contribution in [1.82, 2.24) is 0 Å². The van der Waals surface area contributed by atoms with E-state index >= 15 is 0 Å². The van der Waals surface area contributed by atoms with Crippen LogP contribution in [-0.4, -0.2) is 39.7 Å². The zero-order chi connectivity index (χ0) is 20.3. The van der Waals surface area contributed by atoms with E-state index < -0.39 is 12.6 Å². The van der Waals surface area contributed by atoms with Gasteiger partial charge in [0, 0.05) is 25.3 Å². The predicted molar refractivity (Wildman–Crippen MR) is 101 cm³/mol. The van der Waals surface area contributed by atoms with Crippen LogP contribution >= 0.6 is 0 Å². The van der Waals surface area contributed by atoms with Gasteiger partial charge in [-0.25, -0.2) is 9.79 Å². The van der Waals surface area contributed by atoms with E-state index in [2.05, 4.69) is 9.73 Å². The van der Waals surface area contributed by atoms with E-state index in [-0.39, 0.29) is 23.1 Å². The molecule has 0 spiro atoms. The number of anilines is 1. The molecule has 0 atom stereocenters. The summed E-state index contributed by atoms with van der Waals surface area (Å²) in [5.41, 5.74) is 2.36. The molecule has 0 amide bonds. The highest BCUT2D eigenvalue weighted by molar-refractivity contribution is 6.13. The van der Waals surface area contributed by atoms with Gasteiger partial charge >= 0.3 is 12.6 Å². The number of esters is 1. The fourth-order valence-electron chi connectivity index (χ4n) is 2.55. The van der Waals surface area contributed by atoms with Crippen molar-refractivity contribution >= 4 is 23.6 Å². The Hall–Kier alpha value is -3.42. The lowest BCUT2D eigenvalue weighted by atomic mass is 10.1. The van der Waals surface area contributed by atoms with Crippen LogP contribution in [0.15, 0.2) is 53.2 Å². The number of alkyl halides is 2. The molecular formula is C20H18F2N2O4. The Morgan fingerprint density at radius 2 is 1.82 bits per heavy atom. The molecule has 0 fully saturated rings. The van der Waals surface area contributed by atoms with Crippen molar-refractivity contribution in [3.63, 3.8) is 0 Å². The van der Waals surface area contributed by atoms with Gasteiger partial charge in [0.2, 0.25) is 5.90 Å². The molecule has 0 unspecified atom stereocenters. The van der Waals surface area contributed by atoms with Crippen LogP contribution in [0.2, 0.25) is 0 Å². The highest BCUT2D eigenvalue weighted by Gasteiger charge is 2.25. The zero-order valence-corrected chi connectivity index (χ0v) is 15.5. The lowest BCUT2D eigenvalue weighted by molar-refractivity contribution is -0.129. The second-order valence-corrected chi connectivity index (χ2v) is 6.07. The van der Waals surface area contributed by atoms with Crippen LogP contribution in [0.4, 0.5) is 14.5 Å². The molecule has 2 aromatic carbocycles. The fraction of sp³-hybridized carbons (Fsp3) is 0.200. The van der Waals surface area contributed by atoms with E-state index in [4.69, 9.17) is 9.47 Å². The molecule has 8 heteroatoms. The third kappa shape index (κ3) is 4.28. The minimum atomic E-state index is -2.98. The molecule has 0 N–H and O–H groups in total. The molecule has 28 heavy (non-hydrogen) atoms. The Morgan fingerprint density at radius 1 is 1.11 bits per heavy atom. The van der Waals surface area contributed by atoms with E-state index in [1.54, 1.807) is 6.08 Å². The summed E-state index contributed by atoms with van der Waals surface area (Å²) < 4.78 is 39.5. The van der Waals surface area contributed by atoms with Crippen molar-refractivity contribution < 1.29 is 27.8 Å². The molecule has 0 aliphatic carbocycles. The first-order chi connectivity index (χ1) is 13.4. The Morgan fingerprint density at radius 3 is 2.43 bits per heavy atom. The summed E-state index contributed by atoms with van der Waals surface area (Å²) in [6.45, 7) is -2.98. The number of nitrogens with zero attached hydrogens (tertiary/aromatic N) is 2. The normalized spacial score (nSPS) is 14.9.